The zero-order chi connectivity index (χ0) is 11.5. The van der Waals surface area contributed by atoms with Gasteiger partial charge in [-0.05, 0) is 26.0 Å². The predicted molar refractivity (Wildman–Crippen MR) is 66.9 cm³/mol. The molecule has 0 aliphatic heterocycles. The van der Waals surface area contributed by atoms with Gasteiger partial charge in [-0.15, -0.1) is 0 Å². The number of hydrogen-bond donors (Lipinski definition) is 1. The summed E-state index contributed by atoms with van der Waals surface area (Å²) in [4.78, 5) is 8.49. The van der Waals surface area contributed by atoms with Crippen LogP contribution in [0.15, 0.2) is 18.3 Å². The van der Waals surface area contributed by atoms with Gasteiger partial charge in [-0.1, -0.05) is 11.6 Å². The van der Waals surface area contributed by atoms with Crippen LogP contribution in [0.4, 0.5) is 5.13 Å². The minimum Gasteiger partial charge on any atom is -0.358 e. The Balaban J connectivity index is 2.28. The first-order chi connectivity index (χ1) is 7.66. The van der Waals surface area contributed by atoms with Gasteiger partial charge in [-0.2, -0.15) is 9.36 Å². The van der Waals surface area contributed by atoms with Crippen LogP contribution in [0.1, 0.15) is 13.8 Å². The van der Waals surface area contributed by atoms with Crippen LogP contribution >= 0.6 is 23.1 Å². The highest BCUT2D eigenvalue weighted by Crippen LogP contribution is 2.25. The molecule has 0 saturated heterocycles. The lowest BCUT2D eigenvalue weighted by Crippen LogP contribution is -2.09. The second kappa shape index (κ2) is 4.76. The van der Waals surface area contributed by atoms with Crippen molar-refractivity contribution in [3.05, 3.63) is 23.4 Å². The van der Waals surface area contributed by atoms with Crippen LogP contribution in [0.3, 0.4) is 0 Å². The molecular formula is C10H11ClN4S. The number of hydrogen-bond acceptors (Lipinski definition) is 5. The Morgan fingerprint density at radius 3 is 2.94 bits per heavy atom. The molecule has 0 spiro atoms. The average molecular weight is 255 g/mol. The van der Waals surface area contributed by atoms with Crippen LogP contribution in [-0.2, 0) is 0 Å². The van der Waals surface area contributed by atoms with E-state index in [0.29, 0.717) is 22.6 Å². The molecule has 0 radical (unpaired) electrons. The lowest BCUT2D eigenvalue weighted by molar-refractivity contribution is 0.896. The van der Waals surface area contributed by atoms with E-state index in [-0.39, 0.29) is 0 Å². The molecule has 0 bridgehead atoms. The van der Waals surface area contributed by atoms with E-state index >= 15 is 0 Å². The van der Waals surface area contributed by atoms with E-state index in [2.05, 4.69) is 33.5 Å². The van der Waals surface area contributed by atoms with Gasteiger partial charge in [0.1, 0.15) is 5.69 Å². The zero-order valence-corrected chi connectivity index (χ0v) is 10.5. The Hall–Kier alpha value is -1.20. The second-order valence-corrected chi connectivity index (χ2v) is 4.72. The van der Waals surface area contributed by atoms with Crippen LogP contribution in [0.5, 0.6) is 0 Å². The van der Waals surface area contributed by atoms with Crippen LogP contribution < -0.4 is 5.32 Å². The lowest BCUT2D eigenvalue weighted by Gasteiger charge is -2.03. The van der Waals surface area contributed by atoms with Crippen LogP contribution in [0.25, 0.3) is 11.5 Å². The van der Waals surface area contributed by atoms with Crippen molar-refractivity contribution in [2.45, 2.75) is 19.9 Å². The molecule has 2 aromatic heterocycles. The summed E-state index contributed by atoms with van der Waals surface area (Å²) in [6.07, 6.45) is 1.68. The fraction of sp³-hybridized carbons (Fsp3) is 0.300. The molecular weight excluding hydrogens is 244 g/mol. The molecule has 2 rings (SSSR count). The van der Waals surface area contributed by atoms with Gasteiger partial charge in [0.05, 0.1) is 5.02 Å². The van der Waals surface area contributed by atoms with E-state index in [1.807, 2.05) is 0 Å². The van der Waals surface area contributed by atoms with Crippen LogP contribution in [0.2, 0.25) is 5.02 Å². The quantitative estimate of drug-likeness (QED) is 0.915. The molecule has 0 amide bonds. The molecule has 1 N–H and O–H groups in total. The third-order valence-corrected chi connectivity index (χ3v) is 2.76. The number of anilines is 1. The molecule has 0 unspecified atom stereocenters. The van der Waals surface area contributed by atoms with E-state index in [4.69, 9.17) is 11.6 Å². The van der Waals surface area contributed by atoms with Crippen molar-refractivity contribution in [1.82, 2.24) is 14.3 Å². The first-order valence-corrected chi connectivity index (χ1v) is 6.03. The SMILES string of the molecule is CC(C)Nc1nc(-c2ncccc2Cl)ns1. The maximum atomic E-state index is 6.02. The standard InChI is InChI=1S/C10H11ClN4S/c1-6(2)13-10-14-9(15-16-10)8-7(11)4-3-5-12-8/h3-6H,1-2H3,(H,13,14,15). The topological polar surface area (TPSA) is 50.7 Å². The predicted octanol–water partition coefficient (Wildman–Crippen LogP) is 3.07. The van der Waals surface area contributed by atoms with E-state index < -0.39 is 0 Å². The Bertz CT molecular complexity index is 483. The van der Waals surface area contributed by atoms with Gasteiger partial charge in [0.15, 0.2) is 5.82 Å². The summed E-state index contributed by atoms with van der Waals surface area (Å²) in [5.74, 6) is 0.568. The van der Waals surface area contributed by atoms with Gasteiger partial charge < -0.3 is 5.32 Å². The molecule has 0 saturated carbocycles. The highest BCUT2D eigenvalue weighted by atomic mass is 35.5. The summed E-state index contributed by atoms with van der Waals surface area (Å²) in [5, 5.41) is 4.54. The van der Waals surface area contributed by atoms with Crippen molar-refractivity contribution in [3.63, 3.8) is 0 Å². The third-order valence-electron chi connectivity index (χ3n) is 1.81. The van der Waals surface area contributed by atoms with Crippen molar-refractivity contribution in [1.29, 1.82) is 0 Å². The highest BCUT2D eigenvalue weighted by Gasteiger charge is 2.11. The Morgan fingerprint density at radius 1 is 1.44 bits per heavy atom. The van der Waals surface area contributed by atoms with E-state index in [9.17, 15) is 0 Å². The number of rotatable bonds is 3. The van der Waals surface area contributed by atoms with Crippen LogP contribution in [-0.4, -0.2) is 20.4 Å². The van der Waals surface area contributed by atoms with E-state index in [1.54, 1.807) is 18.3 Å². The van der Waals surface area contributed by atoms with Gasteiger partial charge in [0.25, 0.3) is 0 Å². The zero-order valence-electron chi connectivity index (χ0n) is 8.94. The molecule has 0 atom stereocenters. The molecule has 2 heterocycles. The molecule has 0 aromatic carbocycles. The van der Waals surface area contributed by atoms with Crippen molar-refractivity contribution < 1.29 is 0 Å². The minimum absolute atomic E-state index is 0.333. The number of pyridine rings is 1. The Kier molecular flexibility index (Phi) is 3.36. The first kappa shape index (κ1) is 11.3. The molecule has 16 heavy (non-hydrogen) atoms. The summed E-state index contributed by atoms with van der Waals surface area (Å²) in [6, 6.07) is 3.89. The summed E-state index contributed by atoms with van der Waals surface area (Å²) in [5.41, 5.74) is 0.622. The maximum absolute atomic E-state index is 6.02. The first-order valence-electron chi connectivity index (χ1n) is 4.88. The summed E-state index contributed by atoms with van der Waals surface area (Å²) in [6.45, 7) is 4.10. The smallest absolute Gasteiger partial charge is 0.203 e. The molecule has 4 nitrogen and oxygen atoms in total. The van der Waals surface area contributed by atoms with Crippen molar-refractivity contribution in [3.8, 4) is 11.5 Å². The normalized spacial score (nSPS) is 10.8. The number of aromatic nitrogens is 3. The molecule has 0 fully saturated rings. The highest BCUT2D eigenvalue weighted by molar-refractivity contribution is 7.09. The van der Waals surface area contributed by atoms with Gasteiger partial charge in [0.2, 0.25) is 5.13 Å². The Morgan fingerprint density at radius 2 is 2.25 bits per heavy atom. The van der Waals surface area contributed by atoms with Gasteiger partial charge in [-0.25, -0.2) is 0 Å². The molecule has 0 aliphatic carbocycles. The van der Waals surface area contributed by atoms with Crippen molar-refractivity contribution in [2.75, 3.05) is 5.32 Å². The van der Waals surface area contributed by atoms with Crippen molar-refractivity contribution in [2.24, 2.45) is 0 Å². The van der Waals surface area contributed by atoms with Gasteiger partial charge in [-0.3, -0.25) is 4.98 Å². The molecule has 2 aromatic rings. The maximum Gasteiger partial charge on any atom is 0.203 e. The van der Waals surface area contributed by atoms with Gasteiger partial charge in [0, 0.05) is 23.8 Å². The number of nitrogens with one attached hydrogen (secondary N) is 1. The summed E-state index contributed by atoms with van der Waals surface area (Å²) in [7, 11) is 0. The lowest BCUT2D eigenvalue weighted by atomic mass is 10.3. The minimum atomic E-state index is 0.333. The second-order valence-electron chi connectivity index (χ2n) is 3.56. The van der Waals surface area contributed by atoms with E-state index in [1.165, 1.54) is 11.5 Å². The largest absolute Gasteiger partial charge is 0.358 e. The summed E-state index contributed by atoms with van der Waals surface area (Å²) >= 11 is 7.33. The molecule has 84 valence electrons. The number of halogens is 1. The Labute approximate surface area is 103 Å². The monoisotopic (exact) mass is 254 g/mol. The third kappa shape index (κ3) is 2.48. The fourth-order valence-electron chi connectivity index (χ4n) is 1.18. The molecule has 6 heteroatoms. The number of nitrogens with zero attached hydrogens (tertiary/aromatic N) is 3. The molecule has 0 aliphatic rings. The fourth-order valence-corrected chi connectivity index (χ4v) is 2.10. The average Bonchev–Trinajstić information content (AvgIpc) is 2.66. The van der Waals surface area contributed by atoms with Crippen molar-refractivity contribution >= 4 is 28.3 Å². The van der Waals surface area contributed by atoms with Crippen LogP contribution in [0, 0.1) is 0 Å². The van der Waals surface area contributed by atoms with E-state index in [0.717, 1.165) is 5.13 Å². The van der Waals surface area contributed by atoms with Gasteiger partial charge >= 0.3 is 0 Å². The summed E-state index contributed by atoms with van der Waals surface area (Å²) < 4.78 is 4.22.